The monoisotopic (exact) mass is 428 g/mol. The lowest BCUT2D eigenvalue weighted by Gasteiger charge is -2.13. The Morgan fingerprint density at radius 2 is 1.97 bits per heavy atom. The van der Waals surface area contributed by atoms with Gasteiger partial charge in [0.25, 0.3) is 0 Å². The summed E-state index contributed by atoms with van der Waals surface area (Å²) < 4.78 is 49.4. The number of halogens is 3. The minimum atomic E-state index is -4.72. The average Bonchev–Trinajstić information content (AvgIpc) is 2.63. The number of nitrogens with zero attached hydrogens (tertiary/aromatic N) is 2. The molecule has 0 fully saturated rings. The third kappa shape index (κ3) is 6.04. The zero-order valence-electron chi connectivity index (χ0n) is 14.9. The predicted octanol–water partition coefficient (Wildman–Crippen LogP) is 3.97. The maximum absolute atomic E-state index is 12.8. The van der Waals surface area contributed by atoms with Crippen LogP contribution in [-0.2, 0) is 6.18 Å². The number of thiocarbonyl (C=S) groups is 1. The Kier molecular flexibility index (Phi) is 6.93. The lowest BCUT2D eigenvalue weighted by atomic mass is 10.1. The van der Waals surface area contributed by atoms with Crippen LogP contribution >= 0.6 is 12.2 Å². The molecule has 0 heterocycles. The Bertz CT molecular complexity index is 951. The molecule has 0 aromatic heterocycles. The molecule has 2 rings (SSSR count). The van der Waals surface area contributed by atoms with E-state index in [-0.39, 0.29) is 29.0 Å². The van der Waals surface area contributed by atoms with Crippen LogP contribution in [0.2, 0.25) is 0 Å². The Morgan fingerprint density at radius 1 is 1.28 bits per heavy atom. The first-order chi connectivity index (χ1) is 13.6. The number of benzene rings is 2. The van der Waals surface area contributed by atoms with Crippen molar-refractivity contribution in [3.8, 4) is 17.2 Å². The Balaban J connectivity index is 2.38. The van der Waals surface area contributed by atoms with Crippen molar-refractivity contribution in [2.24, 2.45) is 10.8 Å². The van der Waals surface area contributed by atoms with Crippen molar-refractivity contribution in [1.82, 2.24) is 5.43 Å². The van der Waals surface area contributed by atoms with Gasteiger partial charge in [-0.2, -0.15) is 18.3 Å². The molecule has 0 spiro atoms. The fraction of sp³-hybridized carbons (Fsp3) is 0.176. The summed E-state index contributed by atoms with van der Waals surface area (Å²) in [6, 6.07) is 6.52. The highest BCUT2D eigenvalue weighted by Gasteiger charge is 2.33. The molecule has 0 atom stereocenters. The van der Waals surface area contributed by atoms with Crippen molar-refractivity contribution in [3.05, 3.63) is 57.6 Å². The van der Waals surface area contributed by atoms with Crippen molar-refractivity contribution >= 4 is 29.2 Å². The maximum atomic E-state index is 12.8. The van der Waals surface area contributed by atoms with Gasteiger partial charge >= 0.3 is 11.9 Å². The summed E-state index contributed by atoms with van der Waals surface area (Å²) in [7, 11) is 0. The molecule has 0 aliphatic carbocycles. The van der Waals surface area contributed by atoms with E-state index < -0.39 is 22.4 Å². The molecule has 2 aromatic carbocycles. The number of nitro groups is 1. The van der Waals surface area contributed by atoms with Crippen LogP contribution < -0.4 is 20.6 Å². The number of alkyl halides is 3. The molecule has 0 radical (unpaired) electrons. The summed E-state index contributed by atoms with van der Waals surface area (Å²) in [5.41, 5.74) is 6.22. The Morgan fingerprint density at radius 3 is 2.55 bits per heavy atom. The molecule has 0 aliphatic rings. The van der Waals surface area contributed by atoms with Crippen molar-refractivity contribution in [1.29, 1.82) is 0 Å². The zero-order valence-corrected chi connectivity index (χ0v) is 15.7. The summed E-state index contributed by atoms with van der Waals surface area (Å²) in [4.78, 5) is 10.3. The highest BCUT2D eigenvalue weighted by Crippen LogP contribution is 2.40. The van der Waals surface area contributed by atoms with Crippen LogP contribution in [0.1, 0.15) is 18.1 Å². The lowest BCUT2D eigenvalue weighted by molar-refractivity contribution is -0.385. The summed E-state index contributed by atoms with van der Waals surface area (Å²) in [5, 5.41) is 15.0. The molecule has 0 amide bonds. The topological polar surface area (TPSA) is 112 Å². The molecule has 12 heteroatoms. The number of ether oxygens (including phenoxy) is 2. The molecule has 0 bridgehead atoms. The van der Waals surface area contributed by atoms with Gasteiger partial charge in [0, 0.05) is 6.07 Å². The van der Waals surface area contributed by atoms with E-state index in [1.807, 2.05) is 0 Å². The third-order valence-corrected chi connectivity index (χ3v) is 3.45. The van der Waals surface area contributed by atoms with Crippen LogP contribution in [0.4, 0.5) is 18.9 Å². The number of nitro benzene ring substituents is 1. The minimum absolute atomic E-state index is 0.0270. The molecular weight excluding hydrogens is 413 g/mol. The van der Waals surface area contributed by atoms with Gasteiger partial charge in [0.1, 0.15) is 0 Å². The van der Waals surface area contributed by atoms with Gasteiger partial charge in [0.05, 0.1) is 23.3 Å². The number of nitrogens with one attached hydrogen (secondary N) is 1. The highest BCUT2D eigenvalue weighted by atomic mass is 32.1. The van der Waals surface area contributed by atoms with E-state index in [1.54, 1.807) is 13.0 Å². The molecule has 0 saturated carbocycles. The van der Waals surface area contributed by atoms with Gasteiger partial charge in [-0.3, -0.25) is 15.5 Å². The van der Waals surface area contributed by atoms with E-state index in [0.29, 0.717) is 17.7 Å². The highest BCUT2D eigenvalue weighted by molar-refractivity contribution is 7.80. The quantitative estimate of drug-likeness (QED) is 0.297. The SMILES string of the molecule is CCOc1cc(/C=N\NC(N)=S)ccc1Oc1ccc(C(F)(F)F)cc1[N+](=O)[O-]. The molecular formula is C17H15F3N4O4S. The molecule has 2 aromatic rings. The first kappa shape index (κ1) is 21.9. The Labute approximate surface area is 168 Å². The summed E-state index contributed by atoms with van der Waals surface area (Å²) in [5.74, 6) is -0.0735. The molecule has 154 valence electrons. The molecule has 29 heavy (non-hydrogen) atoms. The van der Waals surface area contributed by atoms with E-state index in [4.69, 9.17) is 15.2 Å². The van der Waals surface area contributed by atoms with Gasteiger partial charge in [-0.05, 0) is 55.0 Å². The fourth-order valence-corrected chi connectivity index (χ4v) is 2.22. The van der Waals surface area contributed by atoms with Crippen LogP contribution in [-0.4, -0.2) is 22.9 Å². The van der Waals surface area contributed by atoms with Gasteiger partial charge in [0.2, 0.25) is 5.75 Å². The maximum Gasteiger partial charge on any atom is 0.416 e. The number of hydrogen-bond donors (Lipinski definition) is 2. The molecule has 0 unspecified atom stereocenters. The van der Waals surface area contributed by atoms with Crippen LogP contribution in [0.3, 0.4) is 0 Å². The van der Waals surface area contributed by atoms with Gasteiger partial charge in [-0.1, -0.05) is 0 Å². The van der Waals surface area contributed by atoms with E-state index in [2.05, 4.69) is 22.7 Å². The minimum Gasteiger partial charge on any atom is -0.490 e. The second-order valence-electron chi connectivity index (χ2n) is 5.41. The average molecular weight is 428 g/mol. The first-order valence-corrected chi connectivity index (χ1v) is 8.41. The largest absolute Gasteiger partial charge is 0.490 e. The summed E-state index contributed by atoms with van der Waals surface area (Å²) in [6.45, 7) is 1.96. The van der Waals surface area contributed by atoms with Gasteiger partial charge in [-0.25, -0.2) is 0 Å². The summed E-state index contributed by atoms with van der Waals surface area (Å²) in [6.07, 6.45) is -3.33. The second-order valence-corrected chi connectivity index (χ2v) is 5.85. The second kappa shape index (κ2) is 9.19. The van der Waals surface area contributed by atoms with Crippen LogP contribution in [0.5, 0.6) is 17.2 Å². The van der Waals surface area contributed by atoms with Gasteiger partial charge in [0.15, 0.2) is 16.6 Å². The van der Waals surface area contributed by atoms with E-state index in [9.17, 15) is 23.3 Å². The standard InChI is InChI=1S/C17H15F3N4O4S/c1-2-27-15-7-10(9-22-23-16(21)29)3-5-14(15)28-13-6-4-11(17(18,19)20)8-12(13)24(25)26/h3-9H,2H2,1H3,(H3,21,23,29)/b22-9-. The normalized spacial score (nSPS) is 11.3. The molecule has 0 aliphatic heterocycles. The molecule has 8 nitrogen and oxygen atoms in total. The zero-order chi connectivity index (χ0) is 21.6. The van der Waals surface area contributed by atoms with Crippen molar-refractivity contribution in [3.63, 3.8) is 0 Å². The van der Waals surface area contributed by atoms with Gasteiger partial charge in [-0.15, -0.1) is 0 Å². The number of hydrogen-bond acceptors (Lipinski definition) is 6. The number of hydrazone groups is 1. The fourth-order valence-electron chi connectivity index (χ4n) is 2.17. The molecule has 3 N–H and O–H groups in total. The van der Waals surface area contributed by atoms with E-state index >= 15 is 0 Å². The van der Waals surface area contributed by atoms with Crippen LogP contribution in [0.25, 0.3) is 0 Å². The van der Waals surface area contributed by atoms with Gasteiger partial charge < -0.3 is 15.2 Å². The van der Waals surface area contributed by atoms with E-state index in [0.717, 1.165) is 6.07 Å². The number of nitrogens with two attached hydrogens (primary N) is 1. The first-order valence-electron chi connectivity index (χ1n) is 8.00. The predicted molar refractivity (Wildman–Crippen MR) is 103 cm³/mol. The third-order valence-electron chi connectivity index (χ3n) is 3.36. The van der Waals surface area contributed by atoms with E-state index in [1.165, 1.54) is 18.3 Å². The lowest BCUT2D eigenvalue weighted by Crippen LogP contribution is -2.23. The molecule has 0 saturated heterocycles. The van der Waals surface area contributed by atoms with Crippen LogP contribution in [0.15, 0.2) is 41.5 Å². The number of rotatable bonds is 7. The van der Waals surface area contributed by atoms with Crippen LogP contribution in [0, 0.1) is 10.1 Å². The van der Waals surface area contributed by atoms with Crippen molar-refractivity contribution in [2.45, 2.75) is 13.1 Å². The summed E-state index contributed by atoms with van der Waals surface area (Å²) >= 11 is 4.62. The van der Waals surface area contributed by atoms with Crippen molar-refractivity contribution < 1.29 is 27.6 Å². The van der Waals surface area contributed by atoms with Crippen molar-refractivity contribution in [2.75, 3.05) is 6.61 Å². The smallest absolute Gasteiger partial charge is 0.416 e. The Hall–Kier alpha value is -3.41.